The molecule has 4 heteroatoms. The number of esters is 1. The standard InChI is InChI=1S/C17H18N2O2/c18-13-6-7-19(9-13)8-11-4-5-12-10-21-17(20)15-3-1-2-14(11)16(12)15/h1-5,13H,6-10,18H2. The molecule has 0 spiro atoms. The molecule has 2 N–H and O–H groups in total. The fourth-order valence-corrected chi connectivity index (χ4v) is 3.44. The molecule has 2 aromatic rings. The van der Waals surface area contributed by atoms with Crippen LogP contribution in [0.25, 0.3) is 10.8 Å². The van der Waals surface area contributed by atoms with E-state index in [1.165, 1.54) is 10.9 Å². The maximum Gasteiger partial charge on any atom is 0.339 e. The zero-order valence-electron chi connectivity index (χ0n) is 11.8. The summed E-state index contributed by atoms with van der Waals surface area (Å²) >= 11 is 0. The second kappa shape index (κ2) is 4.83. The summed E-state index contributed by atoms with van der Waals surface area (Å²) in [4.78, 5) is 14.3. The molecule has 0 saturated carbocycles. The molecule has 2 heterocycles. The van der Waals surface area contributed by atoms with Crippen LogP contribution in [0.1, 0.15) is 27.9 Å². The molecule has 2 aromatic carbocycles. The van der Waals surface area contributed by atoms with Crippen LogP contribution in [0.4, 0.5) is 0 Å². The van der Waals surface area contributed by atoms with Crippen molar-refractivity contribution in [1.29, 1.82) is 0 Å². The Labute approximate surface area is 123 Å². The minimum Gasteiger partial charge on any atom is -0.457 e. The maximum atomic E-state index is 11.9. The van der Waals surface area contributed by atoms with E-state index in [4.69, 9.17) is 10.5 Å². The quantitative estimate of drug-likeness (QED) is 0.856. The number of nitrogens with two attached hydrogens (primary N) is 1. The van der Waals surface area contributed by atoms with E-state index in [9.17, 15) is 4.79 Å². The lowest BCUT2D eigenvalue weighted by molar-refractivity contribution is 0.0463. The third kappa shape index (κ3) is 2.11. The molecular formula is C17H18N2O2. The Morgan fingerprint density at radius 3 is 3.00 bits per heavy atom. The van der Waals surface area contributed by atoms with Crippen molar-refractivity contribution < 1.29 is 9.53 Å². The van der Waals surface area contributed by atoms with E-state index in [1.807, 2.05) is 12.1 Å². The second-order valence-electron chi connectivity index (χ2n) is 5.97. The number of carbonyl (C=O) groups excluding carboxylic acids is 1. The largest absolute Gasteiger partial charge is 0.457 e. The van der Waals surface area contributed by atoms with Crippen molar-refractivity contribution in [3.8, 4) is 0 Å². The van der Waals surface area contributed by atoms with E-state index >= 15 is 0 Å². The third-order valence-corrected chi connectivity index (χ3v) is 4.50. The van der Waals surface area contributed by atoms with Gasteiger partial charge in [-0.25, -0.2) is 4.79 Å². The normalized spacial score (nSPS) is 21.8. The smallest absolute Gasteiger partial charge is 0.339 e. The zero-order valence-corrected chi connectivity index (χ0v) is 11.8. The average molecular weight is 282 g/mol. The Hall–Kier alpha value is -1.91. The summed E-state index contributed by atoms with van der Waals surface area (Å²) in [5.41, 5.74) is 9.04. The van der Waals surface area contributed by atoms with Crippen LogP contribution < -0.4 is 5.73 Å². The number of carbonyl (C=O) groups is 1. The van der Waals surface area contributed by atoms with Gasteiger partial charge in [-0.15, -0.1) is 0 Å². The summed E-state index contributed by atoms with van der Waals surface area (Å²) in [5.74, 6) is -0.214. The van der Waals surface area contributed by atoms with E-state index in [0.29, 0.717) is 18.2 Å². The van der Waals surface area contributed by atoms with Gasteiger partial charge in [0.05, 0.1) is 5.56 Å². The van der Waals surface area contributed by atoms with Gasteiger partial charge >= 0.3 is 5.97 Å². The minimum atomic E-state index is -0.214. The summed E-state index contributed by atoms with van der Waals surface area (Å²) in [7, 11) is 0. The van der Waals surface area contributed by atoms with E-state index < -0.39 is 0 Å². The minimum absolute atomic E-state index is 0.214. The summed E-state index contributed by atoms with van der Waals surface area (Å²) in [6.45, 7) is 3.27. The highest BCUT2D eigenvalue weighted by atomic mass is 16.5. The van der Waals surface area contributed by atoms with Gasteiger partial charge in [-0.2, -0.15) is 0 Å². The van der Waals surface area contributed by atoms with Crippen LogP contribution in [0.15, 0.2) is 30.3 Å². The Bertz CT molecular complexity index is 726. The molecule has 108 valence electrons. The Kier molecular flexibility index (Phi) is 2.94. The maximum absolute atomic E-state index is 11.9. The molecule has 0 aromatic heterocycles. The van der Waals surface area contributed by atoms with E-state index in [2.05, 4.69) is 23.1 Å². The van der Waals surface area contributed by atoms with Gasteiger partial charge in [-0.1, -0.05) is 24.3 Å². The molecule has 2 aliphatic rings. The summed E-state index contributed by atoms with van der Waals surface area (Å²) in [6, 6.07) is 10.4. The molecule has 1 atom stereocenters. The number of nitrogens with zero attached hydrogens (tertiary/aromatic N) is 1. The third-order valence-electron chi connectivity index (χ3n) is 4.50. The molecule has 4 rings (SSSR count). The molecule has 0 radical (unpaired) electrons. The predicted molar refractivity (Wildman–Crippen MR) is 80.9 cm³/mol. The lowest BCUT2D eigenvalue weighted by Gasteiger charge is -2.21. The first-order valence-corrected chi connectivity index (χ1v) is 7.41. The van der Waals surface area contributed by atoms with Crippen molar-refractivity contribution in [3.05, 3.63) is 47.0 Å². The molecule has 0 amide bonds. The van der Waals surface area contributed by atoms with Crippen molar-refractivity contribution in [2.45, 2.75) is 25.6 Å². The van der Waals surface area contributed by atoms with Crippen LogP contribution in [0, 0.1) is 0 Å². The highest BCUT2D eigenvalue weighted by Gasteiger charge is 2.23. The van der Waals surface area contributed by atoms with Gasteiger partial charge in [0, 0.05) is 31.1 Å². The monoisotopic (exact) mass is 282 g/mol. The van der Waals surface area contributed by atoms with Crippen LogP contribution in [0.5, 0.6) is 0 Å². The summed E-state index contributed by atoms with van der Waals surface area (Å²) in [6.07, 6.45) is 1.06. The van der Waals surface area contributed by atoms with Gasteiger partial charge in [0.1, 0.15) is 6.61 Å². The van der Waals surface area contributed by atoms with Crippen molar-refractivity contribution in [2.24, 2.45) is 5.73 Å². The molecule has 2 aliphatic heterocycles. The van der Waals surface area contributed by atoms with Crippen LogP contribution in [-0.2, 0) is 17.9 Å². The highest BCUT2D eigenvalue weighted by molar-refractivity contribution is 6.08. The molecule has 4 nitrogen and oxygen atoms in total. The Balaban J connectivity index is 1.79. The molecule has 0 bridgehead atoms. The number of benzene rings is 2. The molecular weight excluding hydrogens is 264 g/mol. The van der Waals surface area contributed by atoms with Gasteiger partial charge in [0.25, 0.3) is 0 Å². The van der Waals surface area contributed by atoms with Gasteiger partial charge in [0.2, 0.25) is 0 Å². The number of cyclic esters (lactones) is 1. The van der Waals surface area contributed by atoms with E-state index in [0.717, 1.165) is 37.0 Å². The van der Waals surface area contributed by atoms with Gasteiger partial charge in [-0.05, 0) is 29.0 Å². The van der Waals surface area contributed by atoms with Crippen molar-refractivity contribution >= 4 is 16.7 Å². The average Bonchev–Trinajstić information content (AvgIpc) is 2.90. The van der Waals surface area contributed by atoms with Crippen molar-refractivity contribution in [2.75, 3.05) is 13.1 Å². The van der Waals surface area contributed by atoms with Crippen LogP contribution in [0.2, 0.25) is 0 Å². The highest BCUT2D eigenvalue weighted by Crippen LogP contribution is 2.31. The predicted octanol–water partition coefficient (Wildman–Crippen LogP) is 2.04. The van der Waals surface area contributed by atoms with Gasteiger partial charge in [0.15, 0.2) is 0 Å². The van der Waals surface area contributed by atoms with Crippen LogP contribution in [-0.4, -0.2) is 30.0 Å². The number of ether oxygens (including phenoxy) is 1. The molecule has 1 saturated heterocycles. The van der Waals surface area contributed by atoms with E-state index in [-0.39, 0.29) is 5.97 Å². The van der Waals surface area contributed by atoms with Gasteiger partial charge in [-0.3, -0.25) is 4.90 Å². The lowest BCUT2D eigenvalue weighted by atomic mass is 9.94. The van der Waals surface area contributed by atoms with Crippen LogP contribution in [0.3, 0.4) is 0 Å². The molecule has 0 aliphatic carbocycles. The number of rotatable bonds is 2. The second-order valence-corrected chi connectivity index (χ2v) is 5.97. The molecule has 1 unspecified atom stereocenters. The first kappa shape index (κ1) is 12.8. The Morgan fingerprint density at radius 2 is 2.19 bits per heavy atom. The SMILES string of the molecule is NC1CCN(Cc2ccc3c4c(cccc24)C(=O)OC3)C1. The first-order chi connectivity index (χ1) is 10.2. The first-order valence-electron chi connectivity index (χ1n) is 7.41. The number of likely N-dealkylation sites (tertiary alicyclic amines) is 1. The Morgan fingerprint density at radius 1 is 1.29 bits per heavy atom. The van der Waals surface area contributed by atoms with E-state index in [1.54, 1.807) is 0 Å². The zero-order chi connectivity index (χ0) is 14.4. The number of hydrogen-bond acceptors (Lipinski definition) is 4. The summed E-state index contributed by atoms with van der Waals surface area (Å²) in [5, 5.41) is 2.23. The molecule has 1 fully saturated rings. The topological polar surface area (TPSA) is 55.6 Å². The number of hydrogen-bond donors (Lipinski definition) is 1. The van der Waals surface area contributed by atoms with Crippen LogP contribution >= 0.6 is 0 Å². The van der Waals surface area contributed by atoms with Gasteiger partial charge < -0.3 is 10.5 Å². The van der Waals surface area contributed by atoms with Crippen molar-refractivity contribution in [1.82, 2.24) is 4.90 Å². The van der Waals surface area contributed by atoms with Crippen molar-refractivity contribution in [3.63, 3.8) is 0 Å². The lowest BCUT2D eigenvalue weighted by Crippen LogP contribution is -2.26. The fourth-order valence-electron chi connectivity index (χ4n) is 3.44. The molecule has 21 heavy (non-hydrogen) atoms. The fraction of sp³-hybridized carbons (Fsp3) is 0.353. The summed E-state index contributed by atoms with van der Waals surface area (Å²) < 4.78 is 5.22.